The van der Waals surface area contributed by atoms with Crippen molar-refractivity contribution in [3.8, 4) is 0 Å². The highest BCUT2D eigenvalue weighted by atomic mass is 35.5. The molecule has 0 unspecified atom stereocenters. The van der Waals surface area contributed by atoms with Crippen LogP contribution in [0.15, 0.2) is 53.6 Å². The Morgan fingerprint density at radius 1 is 1.17 bits per heavy atom. The van der Waals surface area contributed by atoms with Gasteiger partial charge in [-0.15, -0.1) is 0 Å². The predicted octanol–water partition coefficient (Wildman–Crippen LogP) is 5.14. The van der Waals surface area contributed by atoms with Crippen molar-refractivity contribution in [2.75, 3.05) is 11.9 Å². The third kappa shape index (κ3) is 6.39. The van der Waals surface area contributed by atoms with Gasteiger partial charge in [-0.3, -0.25) is 14.5 Å². The Kier molecular flexibility index (Phi) is 7.80. The lowest BCUT2D eigenvalue weighted by atomic mass is 10.1. The Morgan fingerprint density at radius 3 is 2.69 bits per heavy atom. The highest BCUT2D eigenvalue weighted by Gasteiger charge is 2.31. The van der Waals surface area contributed by atoms with Gasteiger partial charge in [0.2, 0.25) is 5.91 Å². The lowest BCUT2D eigenvalue weighted by molar-refractivity contribution is -0.122. The molecule has 1 fully saturated rings. The van der Waals surface area contributed by atoms with Crippen molar-refractivity contribution in [2.24, 2.45) is 0 Å². The molecule has 8 heteroatoms. The standard InChI is InChI=1S/C21H20ClN3O2S2/c22-16-10-8-15(9-11-16)14-17-20(27)25(21(28)29-17)13-5-1-2-7-19(26)24-18-6-3-4-12-23-18/h3-4,6,8-12,14H,1-2,5,7,13H2,(H,23,24,26). The van der Waals surface area contributed by atoms with Crippen molar-refractivity contribution < 1.29 is 9.59 Å². The number of benzene rings is 1. The van der Waals surface area contributed by atoms with Crippen molar-refractivity contribution in [1.82, 2.24) is 9.88 Å². The highest BCUT2D eigenvalue weighted by molar-refractivity contribution is 8.26. The molecule has 5 nitrogen and oxygen atoms in total. The van der Waals surface area contributed by atoms with Crippen molar-refractivity contribution in [2.45, 2.75) is 25.7 Å². The minimum Gasteiger partial charge on any atom is -0.311 e. The zero-order valence-corrected chi connectivity index (χ0v) is 18.0. The first-order chi connectivity index (χ1) is 14.0. The molecule has 0 saturated carbocycles. The van der Waals surface area contributed by atoms with Crippen molar-refractivity contribution in [3.05, 3.63) is 64.2 Å². The molecule has 3 rings (SSSR count). The fourth-order valence-corrected chi connectivity index (χ4v) is 4.21. The second kappa shape index (κ2) is 10.5. The fraction of sp³-hybridized carbons (Fsp3) is 0.238. The van der Waals surface area contributed by atoms with Gasteiger partial charge in [0.15, 0.2) is 0 Å². The van der Waals surface area contributed by atoms with Crippen LogP contribution in [-0.4, -0.2) is 32.6 Å². The lowest BCUT2D eigenvalue weighted by Crippen LogP contribution is -2.29. The Bertz CT molecular complexity index is 917. The molecule has 2 heterocycles. The summed E-state index contributed by atoms with van der Waals surface area (Å²) >= 11 is 12.6. The quantitative estimate of drug-likeness (QED) is 0.346. The number of carbonyl (C=O) groups excluding carboxylic acids is 2. The van der Waals surface area contributed by atoms with E-state index < -0.39 is 0 Å². The third-order valence-corrected chi connectivity index (χ3v) is 5.89. The van der Waals surface area contributed by atoms with Gasteiger partial charge in [0, 0.05) is 24.2 Å². The summed E-state index contributed by atoms with van der Waals surface area (Å²) in [5.74, 6) is 0.436. The molecular weight excluding hydrogens is 426 g/mol. The van der Waals surface area contributed by atoms with Gasteiger partial charge in [-0.1, -0.05) is 60.2 Å². The molecule has 1 aromatic heterocycles. The second-order valence-corrected chi connectivity index (χ2v) is 8.57. The van der Waals surface area contributed by atoms with E-state index in [1.54, 1.807) is 35.4 Å². The molecule has 0 spiro atoms. The monoisotopic (exact) mass is 445 g/mol. The maximum Gasteiger partial charge on any atom is 0.266 e. The molecule has 0 aliphatic carbocycles. The molecule has 150 valence electrons. The number of hydrogen-bond donors (Lipinski definition) is 1. The minimum absolute atomic E-state index is 0.0554. The van der Waals surface area contributed by atoms with E-state index in [2.05, 4.69) is 10.3 Å². The SMILES string of the molecule is O=C(CCCCCN1C(=O)C(=Cc2ccc(Cl)cc2)SC1=S)Nc1ccccn1. The van der Waals surface area contributed by atoms with Crippen LogP contribution in [0.25, 0.3) is 6.08 Å². The number of nitrogens with zero attached hydrogens (tertiary/aromatic N) is 2. The predicted molar refractivity (Wildman–Crippen MR) is 123 cm³/mol. The molecule has 1 aromatic carbocycles. The topological polar surface area (TPSA) is 62.3 Å². The van der Waals surface area contributed by atoms with Crippen molar-refractivity contribution >= 4 is 63.6 Å². The first-order valence-electron chi connectivity index (χ1n) is 9.25. The average Bonchev–Trinajstić information content (AvgIpc) is 2.97. The summed E-state index contributed by atoms with van der Waals surface area (Å²) in [5.41, 5.74) is 0.911. The van der Waals surface area contributed by atoms with E-state index >= 15 is 0 Å². The molecule has 1 N–H and O–H groups in total. The van der Waals surface area contributed by atoms with Gasteiger partial charge < -0.3 is 5.32 Å². The Hall–Kier alpha value is -2.22. The van der Waals surface area contributed by atoms with Crippen LogP contribution in [0, 0.1) is 0 Å². The maximum atomic E-state index is 12.6. The number of thiocarbonyl (C=S) groups is 1. The number of anilines is 1. The van der Waals surface area contributed by atoms with Crippen LogP contribution in [0.2, 0.25) is 5.02 Å². The minimum atomic E-state index is -0.0668. The molecule has 2 aromatic rings. The molecule has 1 saturated heterocycles. The van der Waals surface area contributed by atoms with Gasteiger partial charge in [0.25, 0.3) is 5.91 Å². The lowest BCUT2D eigenvalue weighted by Gasteiger charge is -2.14. The van der Waals surface area contributed by atoms with Crippen LogP contribution >= 0.6 is 35.6 Å². The molecule has 0 atom stereocenters. The highest BCUT2D eigenvalue weighted by Crippen LogP contribution is 2.32. The van der Waals surface area contributed by atoms with Crippen LogP contribution in [0.1, 0.15) is 31.2 Å². The van der Waals surface area contributed by atoms with Crippen LogP contribution in [0.4, 0.5) is 5.82 Å². The Morgan fingerprint density at radius 2 is 1.97 bits per heavy atom. The average molecular weight is 446 g/mol. The summed E-state index contributed by atoms with van der Waals surface area (Å²) in [5, 5.41) is 3.42. The summed E-state index contributed by atoms with van der Waals surface area (Å²) < 4.78 is 0.572. The zero-order valence-electron chi connectivity index (χ0n) is 15.6. The van der Waals surface area contributed by atoms with Crippen LogP contribution in [0.3, 0.4) is 0 Å². The molecule has 0 radical (unpaired) electrons. The number of amides is 2. The summed E-state index contributed by atoms with van der Waals surface area (Å²) in [7, 11) is 0. The molecule has 2 amide bonds. The summed E-state index contributed by atoms with van der Waals surface area (Å²) in [6, 6.07) is 12.7. The van der Waals surface area contributed by atoms with E-state index in [9.17, 15) is 9.59 Å². The number of hydrogen-bond acceptors (Lipinski definition) is 5. The molecule has 1 aliphatic heterocycles. The molecule has 1 aliphatic rings. The number of aromatic nitrogens is 1. The van der Waals surface area contributed by atoms with E-state index in [1.165, 1.54) is 11.8 Å². The number of unbranched alkanes of at least 4 members (excludes halogenated alkanes) is 2. The normalized spacial score (nSPS) is 15.2. The van der Waals surface area contributed by atoms with Gasteiger partial charge in [0.1, 0.15) is 10.1 Å². The van der Waals surface area contributed by atoms with Gasteiger partial charge in [0.05, 0.1) is 4.91 Å². The van der Waals surface area contributed by atoms with E-state index in [0.717, 1.165) is 24.8 Å². The van der Waals surface area contributed by atoms with E-state index in [-0.39, 0.29) is 11.8 Å². The second-order valence-electron chi connectivity index (χ2n) is 6.46. The smallest absolute Gasteiger partial charge is 0.266 e. The molecule has 29 heavy (non-hydrogen) atoms. The number of nitrogens with one attached hydrogen (secondary N) is 1. The number of rotatable bonds is 8. The van der Waals surface area contributed by atoms with Crippen LogP contribution in [0.5, 0.6) is 0 Å². The van der Waals surface area contributed by atoms with Crippen molar-refractivity contribution in [3.63, 3.8) is 0 Å². The third-order valence-electron chi connectivity index (χ3n) is 4.26. The summed E-state index contributed by atoms with van der Waals surface area (Å²) in [6.45, 7) is 0.560. The fourth-order valence-electron chi connectivity index (χ4n) is 2.78. The first kappa shape index (κ1) is 21.5. The summed E-state index contributed by atoms with van der Waals surface area (Å²) in [6.07, 6.45) is 6.26. The van der Waals surface area contributed by atoms with E-state index in [0.29, 0.717) is 33.0 Å². The van der Waals surface area contributed by atoms with Gasteiger partial charge in [-0.25, -0.2) is 4.98 Å². The van der Waals surface area contributed by atoms with Gasteiger partial charge in [-0.05, 0) is 48.7 Å². The Balaban J connectivity index is 1.41. The van der Waals surface area contributed by atoms with Gasteiger partial charge >= 0.3 is 0 Å². The van der Waals surface area contributed by atoms with Crippen LogP contribution < -0.4 is 5.32 Å². The number of thioether (sulfide) groups is 1. The maximum absolute atomic E-state index is 12.6. The Labute approximate surface area is 184 Å². The zero-order chi connectivity index (χ0) is 20.6. The number of pyridine rings is 1. The van der Waals surface area contributed by atoms with Crippen LogP contribution in [-0.2, 0) is 9.59 Å². The molecular formula is C21H20ClN3O2S2. The summed E-state index contributed by atoms with van der Waals surface area (Å²) in [4.78, 5) is 30.9. The molecule has 0 bridgehead atoms. The van der Waals surface area contributed by atoms with Crippen molar-refractivity contribution in [1.29, 1.82) is 0 Å². The number of halogens is 1. The van der Waals surface area contributed by atoms with E-state index in [1.807, 2.05) is 24.3 Å². The first-order valence-corrected chi connectivity index (χ1v) is 10.8. The van der Waals surface area contributed by atoms with Gasteiger partial charge in [-0.2, -0.15) is 0 Å². The van der Waals surface area contributed by atoms with E-state index in [4.69, 9.17) is 23.8 Å². The number of carbonyl (C=O) groups is 2. The largest absolute Gasteiger partial charge is 0.311 e.